The van der Waals surface area contributed by atoms with Gasteiger partial charge < -0.3 is 10.2 Å². The van der Waals surface area contributed by atoms with Crippen LogP contribution >= 0.6 is 0 Å². The van der Waals surface area contributed by atoms with E-state index in [4.69, 9.17) is 5.11 Å². The van der Waals surface area contributed by atoms with E-state index in [0.717, 1.165) is 38.5 Å². The summed E-state index contributed by atoms with van der Waals surface area (Å²) in [6, 6.07) is 22.2. The van der Waals surface area contributed by atoms with Crippen molar-refractivity contribution in [1.29, 1.82) is 0 Å². The third-order valence-electron chi connectivity index (χ3n) is 5.75. The molecule has 2 heteroatoms. The van der Waals surface area contributed by atoms with Crippen LogP contribution in [0.25, 0.3) is 32.3 Å². The van der Waals surface area contributed by atoms with Crippen LogP contribution in [0.2, 0.25) is 0 Å². The second kappa shape index (κ2) is 8.72. The van der Waals surface area contributed by atoms with E-state index in [1.54, 1.807) is 0 Å². The number of benzene rings is 4. The quantitative estimate of drug-likeness (QED) is 0.304. The van der Waals surface area contributed by atoms with Gasteiger partial charge in [-0.05, 0) is 100 Å². The summed E-state index contributed by atoms with van der Waals surface area (Å²) in [6.07, 6.45) is 5.67. The summed E-state index contributed by atoms with van der Waals surface area (Å²) in [5.41, 5.74) is 2.76. The first-order valence-corrected chi connectivity index (χ1v) is 10.4. The Morgan fingerprint density at radius 1 is 0.536 bits per heavy atom. The summed E-state index contributed by atoms with van der Waals surface area (Å²) in [5, 5.41) is 26.2. The predicted molar refractivity (Wildman–Crippen MR) is 119 cm³/mol. The lowest BCUT2D eigenvalue weighted by Gasteiger charge is -2.14. The fourth-order valence-corrected chi connectivity index (χ4v) is 4.33. The van der Waals surface area contributed by atoms with E-state index in [0.29, 0.717) is 0 Å². The molecule has 4 rings (SSSR count). The zero-order valence-electron chi connectivity index (χ0n) is 16.3. The Morgan fingerprint density at radius 3 is 2.00 bits per heavy atom. The minimum absolute atomic E-state index is 0.251. The van der Waals surface area contributed by atoms with E-state index < -0.39 is 0 Å². The van der Waals surface area contributed by atoms with Crippen LogP contribution in [-0.2, 0) is 12.8 Å². The van der Waals surface area contributed by atoms with Crippen LogP contribution in [0.15, 0.2) is 60.7 Å². The van der Waals surface area contributed by atoms with E-state index in [-0.39, 0.29) is 13.2 Å². The summed E-state index contributed by atoms with van der Waals surface area (Å²) in [5.74, 6) is 0. The van der Waals surface area contributed by atoms with Crippen molar-refractivity contribution in [3.63, 3.8) is 0 Å². The average Bonchev–Trinajstić information content (AvgIpc) is 2.72. The second-order valence-corrected chi connectivity index (χ2v) is 7.65. The molecule has 0 aliphatic carbocycles. The van der Waals surface area contributed by atoms with Gasteiger partial charge in [0.05, 0.1) is 0 Å². The summed E-state index contributed by atoms with van der Waals surface area (Å²) in [4.78, 5) is 0. The molecule has 0 atom stereocenters. The van der Waals surface area contributed by atoms with Crippen molar-refractivity contribution in [3.05, 3.63) is 71.8 Å². The molecule has 4 aromatic rings. The molecule has 0 saturated heterocycles. The van der Waals surface area contributed by atoms with Crippen LogP contribution in [0.3, 0.4) is 0 Å². The van der Waals surface area contributed by atoms with E-state index >= 15 is 0 Å². The van der Waals surface area contributed by atoms with Gasteiger partial charge in [-0.25, -0.2) is 0 Å². The molecule has 2 nitrogen and oxygen atoms in total. The standard InChI is InChI=1S/C26H28O2/c27-14-5-3-8-19-10-7-11-21-17-22-16-20-9-1-2-12-23(20)24(13-4-6-15-28)26(22)18-25(19)21/h1-2,7,9-12,16-18,27-28H,3-6,8,13-15H2. The number of unbranched alkanes of at least 4 members (excludes halogenated alkanes) is 2. The number of aliphatic hydroxyl groups is 2. The summed E-state index contributed by atoms with van der Waals surface area (Å²) in [6.45, 7) is 0.509. The van der Waals surface area contributed by atoms with Crippen LogP contribution < -0.4 is 0 Å². The molecule has 0 aliphatic heterocycles. The molecule has 0 spiro atoms. The first-order valence-electron chi connectivity index (χ1n) is 10.4. The molecule has 4 aromatic carbocycles. The molecule has 0 bridgehead atoms. The maximum Gasteiger partial charge on any atom is 0.0431 e. The normalized spacial score (nSPS) is 11.6. The molecule has 28 heavy (non-hydrogen) atoms. The van der Waals surface area contributed by atoms with Gasteiger partial charge in [0.25, 0.3) is 0 Å². The number of fused-ring (bicyclic) bond motifs is 3. The third kappa shape index (κ3) is 3.76. The number of hydrogen-bond acceptors (Lipinski definition) is 2. The Balaban J connectivity index is 1.91. The number of aryl methyl sites for hydroxylation is 2. The van der Waals surface area contributed by atoms with Gasteiger partial charge in [-0.3, -0.25) is 0 Å². The summed E-state index contributed by atoms with van der Waals surface area (Å²) < 4.78 is 0. The topological polar surface area (TPSA) is 40.5 Å². The highest BCUT2D eigenvalue weighted by atomic mass is 16.3. The zero-order valence-corrected chi connectivity index (χ0v) is 16.3. The maximum absolute atomic E-state index is 9.23. The Morgan fingerprint density at radius 2 is 1.21 bits per heavy atom. The van der Waals surface area contributed by atoms with Gasteiger partial charge in [0.1, 0.15) is 0 Å². The largest absolute Gasteiger partial charge is 0.396 e. The van der Waals surface area contributed by atoms with Crippen molar-refractivity contribution in [2.24, 2.45) is 0 Å². The molecule has 0 radical (unpaired) electrons. The molecule has 0 aromatic heterocycles. The van der Waals surface area contributed by atoms with Crippen LogP contribution in [0.5, 0.6) is 0 Å². The van der Waals surface area contributed by atoms with Crippen molar-refractivity contribution in [2.45, 2.75) is 38.5 Å². The van der Waals surface area contributed by atoms with Gasteiger partial charge in [0.15, 0.2) is 0 Å². The first kappa shape index (κ1) is 18.9. The second-order valence-electron chi connectivity index (χ2n) is 7.65. The van der Waals surface area contributed by atoms with E-state index in [1.807, 2.05) is 0 Å². The predicted octanol–water partition coefficient (Wildman–Crippen LogP) is 5.78. The van der Waals surface area contributed by atoms with Gasteiger partial charge >= 0.3 is 0 Å². The van der Waals surface area contributed by atoms with Gasteiger partial charge in [0.2, 0.25) is 0 Å². The van der Waals surface area contributed by atoms with Gasteiger partial charge in [-0.15, -0.1) is 0 Å². The van der Waals surface area contributed by atoms with Crippen LogP contribution in [-0.4, -0.2) is 23.4 Å². The molecule has 0 aliphatic rings. The summed E-state index contributed by atoms with van der Waals surface area (Å²) in [7, 11) is 0. The van der Waals surface area contributed by atoms with Crippen molar-refractivity contribution < 1.29 is 10.2 Å². The monoisotopic (exact) mass is 372 g/mol. The lowest BCUT2D eigenvalue weighted by Crippen LogP contribution is -1.94. The molecule has 0 amide bonds. The Bertz CT molecular complexity index is 1100. The molecule has 0 unspecified atom stereocenters. The fraction of sp³-hybridized carbons (Fsp3) is 0.308. The fourth-order valence-electron chi connectivity index (χ4n) is 4.33. The van der Waals surface area contributed by atoms with Gasteiger partial charge in [-0.1, -0.05) is 42.5 Å². The van der Waals surface area contributed by atoms with Crippen molar-refractivity contribution in [1.82, 2.24) is 0 Å². The van der Waals surface area contributed by atoms with E-state index in [9.17, 15) is 5.11 Å². The average molecular weight is 373 g/mol. The SMILES string of the molecule is OCCCCc1cccc2cc3cc4ccccc4c(CCCCO)c3cc12. The van der Waals surface area contributed by atoms with E-state index in [1.165, 1.54) is 43.4 Å². The lowest BCUT2D eigenvalue weighted by atomic mass is 9.90. The summed E-state index contributed by atoms with van der Waals surface area (Å²) >= 11 is 0. The number of hydrogen-bond donors (Lipinski definition) is 2. The Labute approximate surface area is 166 Å². The lowest BCUT2D eigenvalue weighted by molar-refractivity contribution is 0.284. The maximum atomic E-state index is 9.23. The molecule has 144 valence electrons. The minimum Gasteiger partial charge on any atom is -0.396 e. The van der Waals surface area contributed by atoms with Crippen molar-refractivity contribution in [2.75, 3.05) is 13.2 Å². The molecule has 0 fully saturated rings. The molecular weight excluding hydrogens is 344 g/mol. The van der Waals surface area contributed by atoms with Gasteiger partial charge in [-0.2, -0.15) is 0 Å². The highest BCUT2D eigenvalue weighted by Crippen LogP contribution is 2.34. The van der Waals surface area contributed by atoms with Crippen LogP contribution in [0, 0.1) is 0 Å². The molecule has 0 heterocycles. The third-order valence-corrected chi connectivity index (χ3v) is 5.75. The number of rotatable bonds is 8. The molecular formula is C26H28O2. The molecule has 2 N–H and O–H groups in total. The smallest absolute Gasteiger partial charge is 0.0431 e. The number of aliphatic hydroxyl groups excluding tert-OH is 2. The highest BCUT2D eigenvalue weighted by molar-refractivity contribution is 6.08. The van der Waals surface area contributed by atoms with Crippen molar-refractivity contribution >= 4 is 32.3 Å². The Hall–Kier alpha value is -2.42. The molecule has 0 saturated carbocycles. The first-order chi connectivity index (χ1) is 13.8. The Kier molecular flexibility index (Phi) is 5.90. The van der Waals surface area contributed by atoms with Gasteiger partial charge in [0, 0.05) is 13.2 Å². The highest BCUT2D eigenvalue weighted by Gasteiger charge is 2.10. The van der Waals surface area contributed by atoms with Crippen molar-refractivity contribution in [3.8, 4) is 0 Å². The van der Waals surface area contributed by atoms with Crippen LogP contribution in [0.1, 0.15) is 36.8 Å². The van der Waals surface area contributed by atoms with Crippen LogP contribution in [0.4, 0.5) is 0 Å². The van der Waals surface area contributed by atoms with E-state index in [2.05, 4.69) is 60.7 Å². The minimum atomic E-state index is 0.251. The zero-order chi connectivity index (χ0) is 19.3.